The van der Waals surface area contributed by atoms with Gasteiger partial charge in [-0.2, -0.15) is 13.2 Å². The van der Waals surface area contributed by atoms with Crippen LogP contribution in [0.3, 0.4) is 0 Å². The molecule has 0 spiro atoms. The maximum Gasteiger partial charge on any atom is 0.419 e. The van der Waals surface area contributed by atoms with Crippen LogP contribution < -0.4 is 4.74 Å². The van der Waals surface area contributed by atoms with Crippen LogP contribution in [-0.2, 0) is 6.18 Å². The van der Waals surface area contributed by atoms with Crippen molar-refractivity contribution in [2.45, 2.75) is 26.9 Å². The molecule has 1 aromatic rings. The largest absolute Gasteiger partial charge is 0.493 e. The molecule has 0 aliphatic rings. The number of carbonyl (C=O) groups is 1. The topological polar surface area (TPSA) is 26.3 Å². The molecule has 17 heavy (non-hydrogen) atoms. The Morgan fingerprint density at radius 2 is 1.94 bits per heavy atom. The molecule has 0 bridgehead atoms. The molecule has 1 rings (SSSR count). The van der Waals surface area contributed by atoms with Gasteiger partial charge in [-0.05, 0) is 38.5 Å². The van der Waals surface area contributed by atoms with Gasteiger partial charge in [0.15, 0.2) is 5.78 Å². The van der Waals surface area contributed by atoms with E-state index in [2.05, 4.69) is 0 Å². The molecule has 0 aliphatic heterocycles. The van der Waals surface area contributed by atoms with E-state index < -0.39 is 11.7 Å². The first-order valence-electron chi connectivity index (χ1n) is 5.13. The zero-order valence-corrected chi connectivity index (χ0v) is 9.81. The van der Waals surface area contributed by atoms with Crippen LogP contribution >= 0.6 is 0 Å². The third-order valence-corrected chi connectivity index (χ3v) is 2.31. The second-order valence-electron chi connectivity index (χ2n) is 3.65. The van der Waals surface area contributed by atoms with E-state index in [0.717, 1.165) is 12.1 Å². The molecule has 0 saturated heterocycles. The van der Waals surface area contributed by atoms with Gasteiger partial charge in [-0.1, -0.05) is 0 Å². The van der Waals surface area contributed by atoms with Crippen molar-refractivity contribution in [3.8, 4) is 5.75 Å². The summed E-state index contributed by atoms with van der Waals surface area (Å²) in [5.41, 5.74) is -0.295. The van der Waals surface area contributed by atoms with E-state index in [4.69, 9.17) is 4.74 Å². The fourth-order valence-corrected chi connectivity index (χ4v) is 1.56. The summed E-state index contributed by atoms with van der Waals surface area (Å²) in [6, 6.07) is 2.10. The average molecular weight is 246 g/mol. The summed E-state index contributed by atoms with van der Waals surface area (Å²) in [5.74, 6) is -0.576. The van der Waals surface area contributed by atoms with Gasteiger partial charge < -0.3 is 4.74 Å². The molecular formula is C12H13F3O2. The number of rotatable bonds is 3. The number of Topliss-reactive ketones (excluding diaryl/α,β-unsaturated/α-hetero) is 1. The molecule has 0 unspecified atom stereocenters. The van der Waals surface area contributed by atoms with E-state index in [1.54, 1.807) is 6.92 Å². The second-order valence-corrected chi connectivity index (χ2v) is 3.65. The Morgan fingerprint density at radius 3 is 2.35 bits per heavy atom. The van der Waals surface area contributed by atoms with Gasteiger partial charge in [-0.15, -0.1) is 0 Å². The minimum atomic E-state index is -4.48. The summed E-state index contributed by atoms with van der Waals surface area (Å²) in [7, 11) is 0. The van der Waals surface area contributed by atoms with Crippen molar-refractivity contribution < 1.29 is 22.7 Å². The molecule has 0 N–H and O–H groups in total. The summed E-state index contributed by atoms with van der Waals surface area (Å²) >= 11 is 0. The summed E-state index contributed by atoms with van der Waals surface area (Å²) in [6.45, 7) is 4.49. The first-order chi connectivity index (χ1) is 7.77. The van der Waals surface area contributed by atoms with Crippen LogP contribution in [0.2, 0.25) is 0 Å². The number of halogens is 3. The Kier molecular flexibility index (Phi) is 3.80. The predicted molar refractivity (Wildman–Crippen MR) is 57.4 cm³/mol. The van der Waals surface area contributed by atoms with E-state index in [9.17, 15) is 18.0 Å². The first kappa shape index (κ1) is 13.5. The Bertz CT molecular complexity index is 436. The Hall–Kier alpha value is -1.52. The van der Waals surface area contributed by atoms with Gasteiger partial charge in [0.25, 0.3) is 0 Å². The normalized spacial score (nSPS) is 11.4. The minimum Gasteiger partial charge on any atom is -0.493 e. The first-order valence-corrected chi connectivity index (χ1v) is 5.13. The van der Waals surface area contributed by atoms with Crippen LogP contribution in [0, 0.1) is 6.92 Å². The lowest BCUT2D eigenvalue weighted by Crippen LogP contribution is -2.11. The molecular weight excluding hydrogens is 233 g/mol. The third kappa shape index (κ3) is 2.99. The molecule has 0 saturated carbocycles. The standard InChI is InChI=1S/C12H13F3O2/c1-4-17-11-6-9(8(3)16)7(2)5-10(11)12(13,14)15/h5-6H,4H2,1-3H3. The number of ether oxygens (including phenoxy) is 1. The molecule has 0 aliphatic carbocycles. The SMILES string of the molecule is CCOc1cc(C(C)=O)c(C)cc1C(F)(F)F. The van der Waals surface area contributed by atoms with Gasteiger partial charge in [0.2, 0.25) is 0 Å². The second kappa shape index (κ2) is 4.77. The quantitative estimate of drug-likeness (QED) is 0.761. The summed E-state index contributed by atoms with van der Waals surface area (Å²) in [6.07, 6.45) is -4.48. The highest BCUT2D eigenvalue weighted by atomic mass is 19.4. The third-order valence-electron chi connectivity index (χ3n) is 2.31. The predicted octanol–water partition coefficient (Wildman–Crippen LogP) is 3.62. The fraction of sp³-hybridized carbons (Fsp3) is 0.417. The fourth-order valence-electron chi connectivity index (χ4n) is 1.56. The smallest absolute Gasteiger partial charge is 0.419 e. The van der Waals surface area contributed by atoms with E-state index in [1.807, 2.05) is 0 Å². The summed E-state index contributed by atoms with van der Waals surface area (Å²) in [5, 5.41) is 0. The molecule has 0 heterocycles. The Labute approximate surface area is 97.4 Å². The van der Waals surface area contributed by atoms with Crippen molar-refractivity contribution in [1.29, 1.82) is 0 Å². The highest BCUT2D eigenvalue weighted by molar-refractivity contribution is 5.96. The number of hydrogen-bond donors (Lipinski definition) is 0. The lowest BCUT2D eigenvalue weighted by Gasteiger charge is -2.15. The molecule has 0 fully saturated rings. The molecule has 0 amide bonds. The Balaban J connectivity index is 3.41. The van der Waals surface area contributed by atoms with Crippen LogP contribution in [0.5, 0.6) is 5.75 Å². The van der Waals surface area contributed by atoms with Crippen LogP contribution in [0.1, 0.15) is 35.3 Å². The zero-order valence-electron chi connectivity index (χ0n) is 9.81. The van der Waals surface area contributed by atoms with Gasteiger partial charge in [-0.3, -0.25) is 4.79 Å². The van der Waals surface area contributed by atoms with Crippen molar-refractivity contribution in [3.05, 3.63) is 28.8 Å². The van der Waals surface area contributed by atoms with Crippen LogP contribution in [0.15, 0.2) is 12.1 Å². The number of alkyl halides is 3. The minimum absolute atomic E-state index is 0.115. The maximum absolute atomic E-state index is 12.7. The summed E-state index contributed by atoms with van der Waals surface area (Å²) < 4.78 is 43.1. The zero-order chi connectivity index (χ0) is 13.2. The van der Waals surface area contributed by atoms with Gasteiger partial charge in [0, 0.05) is 5.56 Å². The average Bonchev–Trinajstić information content (AvgIpc) is 2.18. The Morgan fingerprint density at radius 1 is 1.35 bits per heavy atom. The number of aryl methyl sites for hydroxylation is 1. The van der Waals surface area contributed by atoms with Crippen molar-refractivity contribution in [1.82, 2.24) is 0 Å². The lowest BCUT2D eigenvalue weighted by molar-refractivity contribution is -0.139. The number of benzene rings is 1. The van der Waals surface area contributed by atoms with Crippen molar-refractivity contribution in [2.75, 3.05) is 6.61 Å². The number of ketones is 1. The van der Waals surface area contributed by atoms with Gasteiger partial charge in [0.1, 0.15) is 5.75 Å². The van der Waals surface area contributed by atoms with Crippen molar-refractivity contribution >= 4 is 5.78 Å². The van der Waals surface area contributed by atoms with Crippen LogP contribution in [-0.4, -0.2) is 12.4 Å². The number of hydrogen-bond acceptors (Lipinski definition) is 2. The van der Waals surface area contributed by atoms with Crippen LogP contribution in [0.4, 0.5) is 13.2 Å². The van der Waals surface area contributed by atoms with E-state index >= 15 is 0 Å². The maximum atomic E-state index is 12.7. The highest BCUT2D eigenvalue weighted by Gasteiger charge is 2.35. The molecule has 94 valence electrons. The molecule has 5 heteroatoms. The van der Waals surface area contributed by atoms with Crippen molar-refractivity contribution in [3.63, 3.8) is 0 Å². The lowest BCUT2D eigenvalue weighted by atomic mass is 10.0. The molecule has 0 radical (unpaired) electrons. The van der Waals surface area contributed by atoms with E-state index in [-0.39, 0.29) is 23.7 Å². The molecule has 1 aromatic carbocycles. The van der Waals surface area contributed by atoms with Gasteiger partial charge in [0.05, 0.1) is 12.2 Å². The van der Waals surface area contributed by atoms with Crippen molar-refractivity contribution in [2.24, 2.45) is 0 Å². The van der Waals surface area contributed by atoms with E-state index in [0.29, 0.717) is 5.56 Å². The van der Waals surface area contributed by atoms with Gasteiger partial charge in [-0.25, -0.2) is 0 Å². The van der Waals surface area contributed by atoms with Crippen LogP contribution in [0.25, 0.3) is 0 Å². The molecule has 2 nitrogen and oxygen atoms in total. The van der Waals surface area contributed by atoms with Gasteiger partial charge >= 0.3 is 6.18 Å². The summed E-state index contributed by atoms with van der Waals surface area (Å²) in [4.78, 5) is 11.2. The van der Waals surface area contributed by atoms with E-state index in [1.165, 1.54) is 13.8 Å². The molecule has 0 aromatic heterocycles. The monoisotopic (exact) mass is 246 g/mol. The number of carbonyl (C=O) groups excluding carboxylic acids is 1. The molecule has 0 atom stereocenters. The highest BCUT2D eigenvalue weighted by Crippen LogP contribution is 2.38.